The standard InChI is InChI=1S/C15H20F3NO/c1-10-4-5-13-11(8-10)12(19)9-14(2,20-13)6-3-7-15(16,17)18/h4-5,8,12H,3,6-7,9,19H2,1-2H3/t12-,14?/m1/s1. The van der Waals surface area contributed by atoms with Crippen LogP contribution < -0.4 is 10.5 Å². The molecule has 1 heterocycles. The molecule has 1 aliphatic heterocycles. The van der Waals surface area contributed by atoms with Gasteiger partial charge in [-0.25, -0.2) is 0 Å². The van der Waals surface area contributed by atoms with E-state index in [-0.39, 0.29) is 12.5 Å². The predicted molar refractivity (Wildman–Crippen MR) is 71.7 cm³/mol. The highest BCUT2D eigenvalue weighted by molar-refractivity contribution is 5.41. The summed E-state index contributed by atoms with van der Waals surface area (Å²) >= 11 is 0. The zero-order valence-corrected chi connectivity index (χ0v) is 11.8. The molecule has 0 radical (unpaired) electrons. The van der Waals surface area contributed by atoms with Crippen LogP contribution in [0.15, 0.2) is 18.2 Å². The van der Waals surface area contributed by atoms with Crippen LogP contribution in [-0.4, -0.2) is 11.8 Å². The van der Waals surface area contributed by atoms with Crippen LogP contribution in [-0.2, 0) is 0 Å². The molecule has 1 unspecified atom stereocenters. The number of benzene rings is 1. The average Bonchev–Trinajstić information content (AvgIpc) is 2.28. The van der Waals surface area contributed by atoms with Crippen LogP contribution >= 0.6 is 0 Å². The molecule has 5 heteroatoms. The fourth-order valence-electron chi connectivity index (χ4n) is 2.75. The molecule has 0 aromatic heterocycles. The molecule has 0 bridgehead atoms. The first-order valence-electron chi connectivity index (χ1n) is 6.80. The smallest absolute Gasteiger partial charge is 0.389 e. The number of rotatable bonds is 3. The summed E-state index contributed by atoms with van der Waals surface area (Å²) in [7, 11) is 0. The molecule has 0 spiro atoms. The van der Waals surface area contributed by atoms with Gasteiger partial charge in [-0.3, -0.25) is 0 Å². The van der Waals surface area contributed by atoms with E-state index in [4.69, 9.17) is 10.5 Å². The minimum atomic E-state index is -4.11. The van der Waals surface area contributed by atoms with Crippen LogP contribution in [0.25, 0.3) is 0 Å². The predicted octanol–water partition coefficient (Wildman–Crippen LogP) is 4.27. The van der Waals surface area contributed by atoms with E-state index >= 15 is 0 Å². The maximum absolute atomic E-state index is 12.2. The molecule has 20 heavy (non-hydrogen) atoms. The molecule has 0 amide bonds. The molecule has 1 aromatic rings. The van der Waals surface area contributed by atoms with Crippen LogP contribution in [0.2, 0.25) is 0 Å². The number of hydrogen-bond donors (Lipinski definition) is 1. The number of aryl methyl sites for hydroxylation is 1. The first-order valence-corrected chi connectivity index (χ1v) is 6.80. The van der Waals surface area contributed by atoms with E-state index in [0.29, 0.717) is 18.6 Å². The Bertz CT molecular complexity index is 486. The van der Waals surface area contributed by atoms with Crippen molar-refractivity contribution >= 4 is 0 Å². The zero-order chi connectivity index (χ0) is 15.0. The Morgan fingerprint density at radius 2 is 2.10 bits per heavy atom. The van der Waals surface area contributed by atoms with E-state index < -0.39 is 18.2 Å². The van der Waals surface area contributed by atoms with Gasteiger partial charge >= 0.3 is 6.18 Å². The lowest BCUT2D eigenvalue weighted by atomic mass is 9.85. The monoisotopic (exact) mass is 287 g/mol. The molecule has 2 atom stereocenters. The van der Waals surface area contributed by atoms with E-state index in [1.54, 1.807) is 0 Å². The van der Waals surface area contributed by atoms with Crippen LogP contribution in [0, 0.1) is 6.92 Å². The highest BCUT2D eigenvalue weighted by atomic mass is 19.4. The molecule has 1 aliphatic rings. The lowest BCUT2D eigenvalue weighted by Crippen LogP contribution is -2.40. The van der Waals surface area contributed by atoms with Gasteiger partial charge in [0, 0.05) is 24.4 Å². The summed E-state index contributed by atoms with van der Waals surface area (Å²) in [5.74, 6) is 0.698. The zero-order valence-electron chi connectivity index (χ0n) is 11.8. The Kier molecular flexibility index (Phi) is 4.00. The second-order valence-electron chi connectivity index (χ2n) is 5.87. The lowest BCUT2D eigenvalue weighted by Gasteiger charge is -2.39. The maximum atomic E-state index is 12.2. The second-order valence-corrected chi connectivity index (χ2v) is 5.87. The van der Waals surface area contributed by atoms with Crippen molar-refractivity contribution in [3.05, 3.63) is 29.3 Å². The highest BCUT2D eigenvalue weighted by Gasteiger charge is 2.37. The minimum Gasteiger partial charge on any atom is -0.487 e. The van der Waals surface area contributed by atoms with Gasteiger partial charge in [-0.2, -0.15) is 13.2 Å². The van der Waals surface area contributed by atoms with Crippen LogP contribution in [0.5, 0.6) is 5.75 Å². The normalized spacial score (nSPS) is 26.0. The highest BCUT2D eigenvalue weighted by Crippen LogP contribution is 2.41. The van der Waals surface area contributed by atoms with Crippen molar-refractivity contribution < 1.29 is 17.9 Å². The largest absolute Gasteiger partial charge is 0.487 e. The second kappa shape index (κ2) is 5.28. The Balaban J connectivity index is 2.06. The molecule has 2 nitrogen and oxygen atoms in total. The number of halogens is 3. The van der Waals surface area contributed by atoms with E-state index in [1.807, 2.05) is 32.0 Å². The van der Waals surface area contributed by atoms with Gasteiger partial charge < -0.3 is 10.5 Å². The molecule has 0 saturated heterocycles. The maximum Gasteiger partial charge on any atom is 0.389 e. The van der Waals surface area contributed by atoms with Crippen LogP contribution in [0.1, 0.15) is 49.8 Å². The SMILES string of the molecule is Cc1ccc2c(c1)[C@H](N)CC(C)(CCCC(F)(F)F)O2. The molecule has 2 N–H and O–H groups in total. The number of fused-ring (bicyclic) bond motifs is 1. The summed E-state index contributed by atoms with van der Waals surface area (Å²) in [5, 5.41) is 0. The molecule has 0 aliphatic carbocycles. The van der Waals surface area contributed by atoms with Gasteiger partial charge in [0.1, 0.15) is 11.4 Å². The summed E-state index contributed by atoms with van der Waals surface area (Å²) in [4.78, 5) is 0. The van der Waals surface area contributed by atoms with E-state index in [1.165, 1.54) is 0 Å². The Morgan fingerprint density at radius 1 is 1.40 bits per heavy atom. The topological polar surface area (TPSA) is 35.2 Å². The van der Waals surface area contributed by atoms with Crippen molar-refractivity contribution in [2.75, 3.05) is 0 Å². The number of ether oxygens (including phenoxy) is 1. The minimum absolute atomic E-state index is 0.0634. The van der Waals surface area contributed by atoms with E-state index in [2.05, 4.69) is 0 Å². The summed E-state index contributed by atoms with van der Waals surface area (Å²) in [6.45, 7) is 3.82. The molecule has 112 valence electrons. The molecular weight excluding hydrogens is 267 g/mol. The van der Waals surface area contributed by atoms with Gasteiger partial charge in [0.25, 0.3) is 0 Å². The Hall–Kier alpha value is -1.23. The van der Waals surface area contributed by atoms with E-state index in [9.17, 15) is 13.2 Å². The van der Waals surface area contributed by atoms with E-state index in [0.717, 1.165) is 11.1 Å². The molecule has 1 aromatic carbocycles. The van der Waals surface area contributed by atoms with Crippen molar-refractivity contribution in [1.82, 2.24) is 0 Å². The van der Waals surface area contributed by atoms with Crippen LogP contribution in [0.3, 0.4) is 0 Å². The van der Waals surface area contributed by atoms with Gasteiger partial charge in [0.05, 0.1) is 0 Å². The fourth-order valence-corrected chi connectivity index (χ4v) is 2.75. The van der Waals surface area contributed by atoms with Gasteiger partial charge in [-0.15, -0.1) is 0 Å². The van der Waals surface area contributed by atoms with Gasteiger partial charge in [0.15, 0.2) is 0 Å². The third-order valence-corrected chi connectivity index (χ3v) is 3.74. The fraction of sp³-hybridized carbons (Fsp3) is 0.600. The first-order chi connectivity index (χ1) is 9.19. The molecule has 2 rings (SSSR count). The van der Waals surface area contributed by atoms with Crippen molar-refractivity contribution in [3.63, 3.8) is 0 Å². The summed E-state index contributed by atoms with van der Waals surface area (Å²) in [6, 6.07) is 5.57. The van der Waals surface area contributed by atoms with Crippen molar-refractivity contribution in [3.8, 4) is 5.75 Å². The summed E-state index contributed by atoms with van der Waals surface area (Å²) in [6.07, 6.45) is -3.92. The molecule has 0 fully saturated rings. The Labute approximate surface area is 117 Å². The Morgan fingerprint density at radius 3 is 2.75 bits per heavy atom. The first kappa shape index (κ1) is 15.2. The van der Waals surface area contributed by atoms with Crippen molar-refractivity contribution in [1.29, 1.82) is 0 Å². The lowest BCUT2D eigenvalue weighted by molar-refractivity contribution is -0.137. The third-order valence-electron chi connectivity index (χ3n) is 3.74. The average molecular weight is 287 g/mol. The quantitative estimate of drug-likeness (QED) is 0.901. The summed E-state index contributed by atoms with van der Waals surface area (Å²) in [5.41, 5.74) is 7.57. The van der Waals surface area contributed by atoms with Crippen molar-refractivity contribution in [2.24, 2.45) is 5.73 Å². The van der Waals surface area contributed by atoms with Gasteiger partial charge in [0.2, 0.25) is 0 Å². The van der Waals surface area contributed by atoms with Gasteiger partial charge in [-0.05, 0) is 32.8 Å². The molecular formula is C15H20F3NO. The number of nitrogens with two attached hydrogens (primary N) is 1. The third kappa shape index (κ3) is 3.66. The number of hydrogen-bond acceptors (Lipinski definition) is 2. The van der Waals surface area contributed by atoms with Crippen LogP contribution in [0.4, 0.5) is 13.2 Å². The van der Waals surface area contributed by atoms with Gasteiger partial charge in [-0.1, -0.05) is 17.7 Å². The summed E-state index contributed by atoms with van der Waals surface area (Å²) < 4.78 is 42.6. The van der Waals surface area contributed by atoms with Crippen molar-refractivity contribution in [2.45, 2.75) is 57.3 Å². The molecule has 0 saturated carbocycles. The number of alkyl halides is 3.